The molecule has 2 aromatic rings. The molecule has 4 heterocycles. The van der Waals surface area contributed by atoms with Crippen molar-refractivity contribution in [1.82, 2.24) is 14.5 Å². The first-order chi connectivity index (χ1) is 26.5. The molecule has 12 heteroatoms. The lowest BCUT2D eigenvalue weighted by molar-refractivity contribution is -0.0425. The standard InChI is InChI=1S/C43H55ClN4O6S/c1-30-7-4-16-43(52-3,17-6-18-46-19-20-47-21-22-53-27-36(47)26-46)38-12-9-34(38)25-48-28-42(15-5-8-32-23-35(44)11-13-37(32)42)29-54-40-14-10-33(24-39(40)48)41(49)45-55(50,51)31(30)2/h4,10-11,13-14,16,23-24,30-31,34,36,38H,5,7-9,12,15,18-22,25-29H2,1-3H3,(H,45,49)/b16-4-/t30-,31+,34-,36-,38+,42-,43+/m0/s1. The molecule has 0 radical (unpaired) electrons. The third-order valence-corrected chi connectivity index (χ3v) is 15.7. The number of carbonyl (C=O) groups is 1. The molecule has 296 valence electrons. The highest BCUT2D eigenvalue weighted by atomic mass is 35.5. The summed E-state index contributed by atoms with van der Waals surface area (Å²) in [5, 5.41) is -0.0723. The highest BCUT2D eigenvalue weighted by Crippen LogP contribution is 2.49. The van der Waals surface area contributed by atoms with Crippen molar-refractivity contribution in [3.05, 3.63) is 70.3 Å². The Morgan fingerprint density at radius 2 is 1.96 bits per heavy atom. The van der Waals surface area contributed by atoms with Gasteiger partial charge >= 0.3 is 0 Å². The summed E-state index contributed by atoms with van der Waals surface area (Å²) >= 11 is 6.50. The number of rotatable bonds is 2. The molecular weight excluding hydrogens is 736 g/mol. The topological polar surface area (TPSA) is 101 Å². The van der Waals surface area contributed by atoms with Gasteiger partial charge in [0.1, 0.15) is 11.4 Å². The third-order valence-electron chi connectivity index (χ3n) is 13.6. The summed E-state index contributed by atoms with van der Waals surface area (Å²) in [5.41, 5.74) is 2.48. The van der Waals surface area contributed by atoms with Crippen LogP contribution in [0.15, 0.2) is 48.6 Å². The average Bonchev–Trinajstić information content (AvgIpc) is 3.31. The quantitative estimate of drug-likeness (QED) is 0.322. The second-order valence-corrected chi connectivity index (χ2v) is 19.3. The smallest absolute Gasteiger partial charge is 0.264 e. The Kier molecular flexibility index (Phi) is 11.0. The molecule has 8 rings (SSSR count). The maximum atomic E-state index is 13.7. The zero-order valence-corrected chi connectivity index (χ0v) is 34.0. The Morgan fingerprint density at radius 3 is 2.78 bits per heavy atom. The molecule has 2 saturated heterocycles. The number of hydrogen-bond acceptors (Lipinski definition) is 9. The van der Waals surface area contributed by atoms with Crippen molar-refractivity contribution < 1.29 is 27.4 Å². The van der Waals surface area contributed by atoms with E-state index in [1.807, 2.05) is 25.1 Å². The SMILES string of the molecule is CO[C@@]1(C#CCN2CCN3CCOC[C@@H]3C2)/C=C\C[C@H](C)[C@@H](C)S(=O)(=O)NC(=O)c2ccc3c(c2)N(C[C@@H]2CC[C@H]21)C[C@@]1(CCCc2cc(Cl)ccc21)CO3. The Balaban J connectivity index is 1.16. The van der Waals surface area contributed by atoms with E-state index >= 15 is 0 Å². The summed E-state index contributed by atoms with van der Waals surface area (Å²) in [4.78, 5) is 21.0. The van der Waals surface area contributed by atoms with Gasteiger partial charge < -0.3 is 19.1 Å². The second kappa shape index (κ2) is 15.7. The lowest BCUT2D eigenvalue weighted by atomic mass is 9.64. The minimum Gasteiger partial charge on any atom is -0.490 e. The maximum absolute atomic E-state index is 13.7. The highest BCUT2D eigenvalue weighted by Gasteiger charge is 2.49. The molecular formula is C43H55ClN4O6S. The molecule has 0 unspecified atom stereocenters. The van der Waals surface area contributed by atoms with E-state index in [9.17, 15) is 13.2 Å². The Morgan fingerprint density at radius 1 is 1.09 bits per heavy atom. The van der Waals surface area contributed by atoms with Gasteiger partial charge in [-0.1, -0.05) is 42.5 Å². The van der Waals surface area contributed by atoms with E-state index in [1.165, 1.54) is 11.1 Å². The van der Waals surface area contributed by atoms with Crippen LogP contribution in [0.2, 0.25) is 5.02 Å². The molecule has 2 aliphatic carbocycles. The number of nitrogens with one attached hydrogen (secondary N) is 1. The van der Waals surface area contributed by atoms with Crippen LogP contribution in [-0.4, -0.2) is 114 Å². The normalized spacial score (nSPS) is 34.3. The minimum absolute atomic E-state index is 0.113. The Bertz CT molecular complexity index is 1980. The number of anilines is 1. The number of allylic oxidation sites excluding steroid dienone is 1. The molecule has 1 saturated carbocycles. The predicted molar refractivity (Wildman–Crippen MR) is 215 cm³/mol. The van der Waals surface area contributed by atoms with E-state index in [4.69, 9.17) is 25.8 Å². The van der Waals surface area contributed by atoms with Crippen LogP contribution in [0.1, 0.15) is 67.4 Å². The Hall–Kier alpha value is -3.11. The van der Waals surface area contributed by atoms with Crippen molar-refractivity contribution in [1.29, 1.82) is 0 Å². The number of morpholine rings is 1. The fourth-order valence-electron chi connectivity index (χ4n) is 9.90. The largest absolute Gasteiger partial charge is 0.490 e. The van der Waals surface area contributed by atoms with Crippen LogP contribution >= 0.6 is 11.6 Å². The van der Waals surface area contributed by atoms with Gasteiger partial charge in [-0.05, 0) is 105 Å². The van der Waals surface area contributed by atoms with E-state index in [0.717, 1.165) is 82.2 Å². The molecule has 10 nitrogen and oxygen atoms in total. The summed E-state index contributed by atoms with van der Waals surface area (Å²) in [6, 6.07) is 12.0. The first-order valence-corrected chi connectivity index (χ1v) is 22.1. The first-order valence-electron chi connectivity index (χ1n) is 20.1. The number of piperazine rings is 1. The van der Waals surface area contributed by atoms with Crippen molar-refractivity contribution in [3.63, 3.8) is 0 Å². The van der Waals surface area contributed by atoms with Crippen LogP contribution in [0.25, 0.3) is 0 Å². The molecule has 4 aliphatic heterocycles. The van der Waals surface area contributed by atoms with Crippen LogP contribution in [0.3, 0.4) is 0 Å². The second-order valence-electron chi connectivity index (χ2n) is 16.8. The molecule has 3 fully saturated rings. The summed E-state index contributed by atoms with van der Waals surface area (Å²) in [7, 11) is -2.22. The van der Waals surface area contributed by atoms with Gasteiger partial charge in [0, 0.05) is 74.3 Å². The number of methoxy groups -OCH3 is 1. The van der Waals surface area contributed by atoms with E-state index < -0.39 is 26.8 Å². The zero-order chi connectivity index (χ0) is 38.4. The minimum atomic E-state index is -3.98. The Labute approximate surface area is 331 Å². The van der Waals surface area contributed by atoms with E-state index in [1.54, 1.807) is 20.1 Å². The molecule has 2 aromatic carbocycles. The van der Waals surface area contributed by atoms with Gasteiger partial charge in [-0.25, -0.2) is 13.1 Å². The molecule has 7 atom stereocenters. The van der Waals surface area contributed by atoms with Crippen LogP contribution in [0, 0.1) is 29.6 Å². The lowest BCUT2D eigenvalue weighted by Gasteiger charge is -2.49. The number of halogens is 1. The van der Waals surface area contributed by atoms with Crippen molar-refractivity contribution in [2.24, 2.45) is 17.8 Å². The zero-order valence-electron chi connectivity index (χ0n) is 32.4. The predicted octanol–water partition coefficient (Wildman–Crippen LogP) is 5.29. The van der Waals surface area contributed by atoms with Crippen molar-refractivity contribution in [3.8, 4) is 17.6 Å². The third kappa shape index (κ3) is 7.68. The summed E-state index contributed by atoms with van der Waals surface area (Å²) < 4.78 is 48.6. The molecule has 0 aromatic heterocycles. The monoisotopic (exact) mass is 790 g/mol. The van der Waals surface area contributed by atoms with Gasteiger partial charge in [-0.3, -0.25) is 14.6 Å². The van der Waals surface area contributed by atoms with Gasteiger partial charge in [-0.2, -0.15) is 0 Å². The number of carbonyl (C=O) groups excluding carboxylic acids is 1. The number of ether oxygens (including phenoxy) is 3. The fourth-order valence-corrected chi connectivity index (χ4v) is 11.4. The van der Waals surface area contributed by atoms with E-state index in [0.29, 0.717) is 44.5 Å². The average molecular weight is 791 g/mol. The van der Waals surface area contributed by atoms with Gasteiger partial charge in [-0.15, -0.1) is 0 Å². The maximum Gasteiger partial charge on any atom is 0.264 e. The number of sulfonamides is 1. The number of nitrogens with zero attached hydrogens (tertiary/aromatic N) is 3. The van der Waals surface area contributed by atoms with Gasteiger partial charge in [0.05, 0.1) is 37.3 Å². The number of aryl methyl sites for hydroxylation is 1. The van der Waals surface area contributed by atoms with Crippen molar-refractivity contribution >= 4 is 33.2 Å². The first kappa shape index (κ1) is 38.7. The fraction of sp³-hybridized carbons (Fsp3) is 0.605. The van der Waals surface area contributed by atoms with Gasteiger partial charge in [0.2, 0.25) is 10.0 Å². The highest BCUT2D eigenvalue weighted by molar-refractivity contribution is 7.90. The number of benzene rings is 2. The number of fused-ring (bicyclic) bond motifs is 5. The van der Waals surface area contributed by atoms with Crippen molar-refractivity contribution in [2.75, 3.05) is 77.6 Å². The molecule has 1 N–H and O–H groups in total. The van der Waals surface area contributed by atoms with Gasteiger partial charge in [0.25, 0.3) is 5.91 Å². The molecule has 55 heavy (non-hydrogen) atoms. The van der Waals surface area contributed by atoms with Crippen LogP contribution in [-0.2, 0) is 31.3 Å². The van der Waals surface area contributed by atoms with Crippen LogP contribution in [0.5, 0.6) is 5.75 Å². The molecule has 1 amide bonds. The number of amides is 1. The van der Waals surface area contributed by atoms with E-state index in [2.05, 4.69) is 55.5 Å². The molecule has 2 bridgehead atoms. The molecule has 1 spiro atoms. The van der Waals surface area contributed by atoms with Gasteiger partial charge in [0.15, 0.2) is 0 Å². The van der Waals surface area contributed by atoms with Crippen molar-refractivity contribution in [2.45, 2.75) is 74.7 Å². The summed E-state index contributed by atoms with van der Waals surface area (Å²) in [6.07, 6.45) is 9.58. The van der Waals surface area contributed by atoms with Crippen LogP contribution in [0.4, 0.5) is 5.69 Å². The van der Waals surface area contributed by atoms with Crippen LogP contribution < -0.4 is 14.4 Å². The lowest BCUT2D eigenvalue weighted by Crippen LogP contribution is -2.58. The molecule has 6 aliphatic rings. The summed E-state index contributed by atoms with van der Waals surface area (Å²) in [5.74, 6) is 7.39. The summed E-state index contributed by atoms with van der Waals surface area (Å²) in [6.45, 7) is 11.6. The van der Waals surface area contributed by atoms with E-state index in [-0.39, 0.29) is 28.7 Å². The number of hydrogen-bond donors (Lipinski definition) is 1.